The van der Waals surface area contributed by atoms with Gasteiger partial charge in [0.25, 0.3) is 0 Å². The van der Waals surface area contributed by atoms with Crippen molar-refractivity contribution in [3.8, 4) is 0 Å². The van der Waals surface area contributed by atoms with Gasteiger partial charge in [-0.05, 0) is 39.7 Å². The number of likely N-dealkylation sites (tertiary alicyclic amines) is 1. The summed E-state index contributed by atoms with van der Waals surface area (Å²) in [6.45, 7) is 10.6. The quantitative estimate of drug-likeness (QED) is 0.738. The summed E-state index contributed by atoms with van der Waals surface area (Å²) in [5.41, 5.74) is -0.220. The summed E-state index contributed by atoms with van der Waals surface area (Å²) in [6, 6.07) is 0. The molecule has 1 rings (SSSR count). The van der Waals surface area contributed by atoms with E-state index in [1.807, 2.05) is 20.8 Å². The lowest BCUT2D eigenvalue weighted by Gasteiger charge is -2.33. The maximum Gasteiger partial charge on any atom is 0.245 e. The minimum absolute atomic E-state index is 0.0408. The third kappa shape index (κ3) is 4.21. The number of nitrogens with one attached hydrogen (secondary N) is 1. The lowest BCUT2D eigenvalue weighted by Crippen LogP contribution is -2.49. The van der Waals surface area contributed by atoms with Crippen LogP contribution >= 0.6 is 0 Å². The number of carbonyl (C=O) groups excluding carboxylic acids is 2. The smallest absolute Gasteiger partial charge is 0.245 e. The molecule has 0 aliphatic carbocycles. The van der Waals surface area contributed by atoms with Crippen LogP contribution in [0.1, 0.15) is 33.6 Å². The first kappa shape index (κ1) is 13.7. The fourth-order valence-electron chi connectivity index (χ4n) is 1.99. The summed E-state index contributed by atoms with van der Waals surface area (Å²) in [7, 11) is 0. The molecule has 1 aliphatic heterocycles. The Morgan fingerprint density at radius 3 is 2.59 bits per heavy atom. The van der Waals surface area contributed by atoms with Gasteiger partial charge in [-0.25, -0.2) is 0 Å². The molecule has 0 aromatic carbocycles. The third-order valence-corrected chi connectivity index (χ3v) is 2.78. The van der Waals surface area contributed by atoms with E-state index < -0.39 is 0 Å². The summed E-state index contributed by atoms with van der Waals surface area (Å²) in [6.07, 6.45) is 3.04. The highest BCUT2D eigenvalue weighted by Crippen LogP contribution is 2.18. The Bertz CT molecular complexity index is 318. The second-order valence-electron chi connectivity index (χ2n) is 5.57. The van der Waals surface area contributed by atoms with Crippen LogP contribution < -0.4 is 5.32 Å². The Hall–Kier alpha value is -1.32. The second kappa shape index (κ2) is 5.34. The molecule has 1 heterocycles. The Morgan fingerprint density at radius 1 is 1.41 bits per heavy atom. The van der Waals surface area contributed by atoms with Crippen LogP contribution in [-0.4, -0.2) is 35.3 Å². The first-order valence-electron chi connectivity index (χ1n) is 6.07. The average Bonchev–Trinajstić information content (AvgIpc) is 2.26. The van der Waals surface area contributed by atoms with E-state index in [1.165, 1.54) is 6.08 Å². The van der Waals surface area contributed by atoms with Crippen LogP contribution in [0.5, 0.6) is 0 Å². The molecule has 0 radical (unpaired) electrons. The normalized spacial score (nSPS) is 20.9. The van der Waals surface area contributed by atoms with Gasteiger partial charge in [0.2, 0.25) is 11.8 Å². The molecule has 1 unspecified atom stereocenters. The molecule has 1 atom stereocenters. The molecule has 17 heavy (non-hydrogen) atoms. The van der Waals surface area contributed by atoms with Gasteiger partial charge in [0, 0.05) is 18.6 Å². The van der Waals surface area contributed by atoms with Crippen molar-refractivity contribution < 1.29 is 9.59 Å². The summed E-state index contributed by atoms with van der Waals surface area (Å²) in [5, 5.41) is 2.96. The SMILES string of the molecule is C=CC(=O)N1CCCC(C(=O)NC(C)(C)C)C1. The van der Waals surface area contributed by atoms with E-state index in [4.69, 9.17) is 0 Å². The molecule has 4 nitrogen and oxygen atoms in total. The molecule has 96 valence electrons. The minimum atomic E-state index is -0.220. The molecular weight excluding hydrogens is 216 g/mol. The van der Waals surface area contributed by atoms with Crippen molar-refractivity contribution in [3.05, 3.63) is 12.7 Å². The van der Waals surface area contributed by atoms with E-state index in [-0.39, 0.29) is 23.3 Å². The zero-order chi connectivity index (χ0) is 13.1. The summed E-state index contributed by atoms with van der Waals surface area (Å²) in [5.74, 6) is -0.135. The monoisotopic (exact) mass is 238 g/mol. The number of amides is 2. The number of carbonyl (C=O) groups is 2. The molecule has 4 heteroatoms. The average molecular weight is 238 g/mol. The lowest BCUT2D eigenvalue weighted by molar-refractivity contribution is -0.132. The minimum Gasteiger partial charge on any atom is -0.351 e. The molecule has 2 amide bonds. The number of nitrogens with zero attached hydrogens (tertiary/aromatic N) is 1. The van der Waals surface area contributed by atoms with Gasteiger partial charge in [0.05, 0.1) is 5.92 Å². The molecule has 0 aromatic rings. The Kier molecular flexibility index (Phi) is 4.32. The maximum atomic E-state index is 12.0. The van der Waals surface area contributed by atoms with E-state index in [0.717, 1.165) is 19.4 Å². The van der Waals surface area contributed by atoms with E-state index in [2.05, 4.69) is 11.9 Å². The number of piperidine rings is 1. The van der Waals surface area contributed by atoms with Gasteiger partial charge in [0.15, 0.2) is 0 Å². The van der Waals surface area contributed by atoms with Crippen molar-refractivity contribution in [2.45, 2.75) is 39.2 Å². The van der Waals surface area contributed by atoms with Crippen molar-refractivity contribution in [1.82, 2.24) is 10.2 Å². The zero-order valence-corrected chi connectivity index (χ0v) is 11.0. The fraction of sp³-hybridized carbons (Fsp3) is 0.692. The first-order chi connectivity index (χ1) is 7.83. The van der Waals surface area contributed by atoms with Gasteiger partial charge < -0.3 is 10.2 Å². The highest BCUT2D eigenvalue weighted by atomic mass is 16.2. The van der Waals surface area contributed by atoms with Gasteiger partial charge in [-0.15, -0.1) is 0 Å². The number of rotatable bonds is 2. The van der Waals surface area contributed by atoms with Crippen molar-refractivity contribution >= 4 is 11.8 Å². The molecule has 0 aromatic heterocycles. The molecule has 1 fully saturated rings. The maximum absolute atomic E-state index is 12.0. The van der Waals surface area contributed by atoms with Crippen LogP contribution in [0.2, 0.25) is 0 Å². The van der Waals surface area contributed by atoms with E-state index in [0.29, 0.717) is 6.54 Å². The van der Waals surface area contributed by atoms with E-state index in [1.54, 1.807) is 4.90 Å². The van der Waals surface area contributed by atoms with Crippen molar-refractivity contribution in [2.24, 2.45) is 5.92 Å². The second-order valence-corrected chi connectivity index (χ2v) is 5.57. The van der Waals surface area contributed by atoms with Crippen LogP contribution in [0.3, 0.4) is 0 Å². The van der Waals surface area contributed by atoms with Crippen molar-refractivity contribution in [3.63, 3.8) is 0 Å². The van der Waals surface area contributed by atoms with E-state index in [9.17, 15) is 9.59 Å². The third-order valence-electron chi connectivity index (χ3n) is 2.78. The van der Waals surface area contributed by atoms with Crippen LogP contribution in [0, 0.1) is 5.92 Å². The Balaban J connectivity index is 2.57. The van der Waals surface area contributed by atoms with Gasteiger partial charge >= 0.3 is 0 Å². The largest absolute Gasteiger partial charge is 0.351 e. The highest BCUT2D eigenvalue weighted by Gasteiger charge is 2.29. The molecule has 1 N–H and O–H groups in total. The lowest BCUT2D eigenvalue weighted by atomic mass is 9.95. The molecule has 1 saturated heterocycles. The van der Waals surface area contributed by atoms with Crippen LogP contribution in [-0.2, 0) is 9.59 Å². The van der Waals surface area contributed by atoms with Crippen LogP contribution in [0.15, 0.2) is 12.7 Å². The van der Waals surface area contributed by atoms with Crippen LogP contribution in [0.4, 0.5) is 0 Å². The molecule has 0 spiro atoms. The molecule has 0 saturated carbocycles. The molecule has 1 aliphatic rings. The fourth-order valence-corrected chi connectivity index (χ4v) is 1.99. The van der Waals surface area contributed by atoms with E-state index >= 15 is 0 Å². The number of hydrogen-bond acceptors (Lipinski definition) is 2. The standard InChI is InChI=1S/C13H22N2O2/c1-5-11(16)15-8-6-7-10(9-15)12(17)14-13(2,3)4/h5,10H,1,6-9H2,2-4H3,(H,14,17). The van der Waals surface area contributed by atoms with Gasteiger partial charge in [-0.3, -0.25) is 9.59 Å². The Labute approximate surface area is 103 Å². The van der Waals surface area contributed by atoms with Crippen molar-refractivity contribution in [2.75, 3.05) is 13.1 Å². The zero-order valence-electron chi connectivity index (χ0n) is 11.0. The molecule has 0 bridgehead atoms. The van der Waals surface area contributed by atoms with Gasteiger partial charge in [-0.1, -0.05) is 6.58 Å². The predicted octanol–water partition coefficient (Wildman–Crippen LogP) is 1.33. The van der Waals surface area contributed by atoms with Gasteiger partial charge in [0.1, 0.15) is 0 Å². The predicted molar refractivity (Wildman–Crippen MR) is 67.4 cm³/mol. The first-order valence-corrected chi connectivity index (χ1v) is 6.07. The summed E-state index contributed by atoms with van der Waals surface area (Å²) in [4.78, 5) is 25.2. The van der Waals surface area contributed by atoms with Crippen LogP contribution in [0.25, 0.3) is 0 Å². The summed E-state index contributed by atoms with van der Waals surface area (Å²) >= 11 is 0. The molecular formula is C13H22N2O2. The number of hydrogen-bond donors (Lipinski definition) is 1. The van der Waals surface area contributed by atoms with Crippen molar-refractivity contribution in [1.29, 1.82) is 0 Å². The summed E-state index contributed by atoms with van der Waals surface area (Å²) < 4.78 is 0. The topological polar surface area (TPSA) is 49.4 Å². The highest BCUT2D eigenvalue weighted by molar-refractivity contribution is 5.88. The Morgan fingerprint density at radius 2 is 2.06 bits per heavy atom. The van der Waals surface area contributed by atoms with Gasteiger partial charge in [-0.2, -0.15) is 0 Å².